The van der Waals surface area contributed by atoms with Crippen LogP contribution in [0.3, 0.4) is 0 Å². The van der Waals surface area contributed by atoms with Crippen LogP contribution in [0, 0.1) is 23.3 Å². The van der Waals surface area contributed by atoms with Crippen molar-refractivity contribution in [3.63, 3.8) is 0 Å². The number of aliphatic hydroxyl groups is 1. The summed E-state index contributed by atoms with van der Waals surface area (Å²) in [5.41, 5.74) is -0.875. The molecule has 98 valence electrons. The van der Waals surface area contributed by atoms with E-state index in [1.54, 1.807) is 0 Å². The van der Waals surface area contributed by atoms with Crippen LogP contribution in [0.25, 0.3) is 0 Å². The standard InChI is InChI=1S/C11H9F4NO2/c12-7-3-6(8(13)10(15)9(7)14)11(18)16-2-1-5(17)4-16/h3,5,17H,1-2,4H2. The van der Waals surface area contributed by atoms with Crippen molar-refractivity contribution in [2.24, 2.45) is 0 Å². The fourth-order valence-electron chi connectivity index (χ4n) is 1.83. The molecule has 1 aliphatic heterocycles. The Bertz CT molecular complexity index is 506. The number of hydrogen-bond acceptors (Lipinski definition) is 2. The number of hydrogen-bond donors (Lipinski definition) is 1. The summed E-state index contributed by atoms with van der Waals surface area (Å²) in [4.78, 5) is 12.8. The Morgan fingerprint density at radius 3 is 2.44 bits per heavy atom. The largest absolute Gasteiger partial charge is 0.391 e. The SMILES string of the molecule is O=C(c1cc(F)c(F)c(F)c1F)N1CCC(O)C1. The summed E-state index contributed by atoms with van der Waals surface area (Å²) in [6.07, 6.45) is -0.438. The Balaban J connectivity index is 2.37. The number of rotatable bonds is 1. The van der Waals surface area contributed by atoms with E-state index in [9.17, 15) is 27.5 Å². The van der Waals surface area contributed by atoms with Crippen LogP contribution in [-0.4, -0.2) is 35.1 Å². The van der Waals surface area contributed by atoms with E-state index in [1.165, 1.54) is 0 Å². The molecule has 0 bridgehead atoms. The van der Waals surface area contributed by atoms with E-state index in [0.717, 1.165) is 4.90 Å². The van der Waals surface area contributed by atoms with Crippen LogP contribution in [0.2, 0.25) is 0 Å². The molecule has 1 saturated heterocycles. The molecule has 1 fully saturated rings. The van der Waals surface area contributed by atoms with Gasteiger partial charge < -0.3 is 10.0 Å². The maximum Gasteiger partial charge on any atom is 0.257 e. The molecule has 0 spiro atoms. The lowest BCUT2D eigenvalue weighted by molar-refractivity contribution is 0.0758. The van der Waals surface area contributed by atoms with Crippen LogP contribution < -0.4 is 0 Å². The number of likely N-dealkylation sites (tertiary alicyclic amines) is 1. The third-order valence-electron chi connectivity index (χ3n) is 2.78. The molecule has 0 aliphatic carbocycles. The van der Waals surface area contributed by atoms with Gasteiger partial charge in [-0.25, -0.2) is 17.6 Å². The Morgan fingerprint density at radius 1 is 1.22 bits per heavy atom. The number of β-amino-alcohol motifs (C(OH)–C–C–N with tert-alkyl or cyclic N) is 1. The van der Waals surface area contributed by atoms with E-state index >= 15 is 0 Å². The normalized spacial score (nSPS) is 19.4. The minimum absolute atomic E-state index is 0.0428. The van der Waals surface area contributed by atoms with Crippen molar-refractivity contribution in [3.05, 3.63) is 34.9 Å². The molecule has 1 aromatic carbocycles. The summed E-state index contributed by atoms with van der Waals surface area (Å²) >= 11 is 0. The van der Waals surface area contributed by atoms with E-state index in [4.69, 9.17) is 0 Å². The molecular weight excluding hydrogens is 254 g/mol. The Labute approximate surface area is 99.6 Å². The second-order valence-electron chi connectivity index (χ2n) is 4.04. The summed E-state index contributed by atoms with van der Waals surface area (Å²) in [6, 6.07) is 0.320. The highest BCUT2D eigenvalue weighted by atomic mass is 19.2. The van der Waals surface area contributed by atoms with E-state index < -0.39 is 40.8 Å². The quantitative estimate of drug-likeness (QED) is 0.473. The zero-order valence-corrected chi connectivity index (χ0v) is 9.09. The van der Waals surface area contributed by atoms with Gasteiger partial charge in [0.15, 0.2) is 23.3 Å². The van der Waals surface area contributed by atoms with Crippen molar-refractivity contribution in [1.82, 2.24) is 4.90 Å². The van der Waals surface area contributed by atoms with Crippen molar-refractivity contribution in [1.29, 1.82) is 0 Å². The van der Waals surface area contributed by atoms with Crippen LogP contribution in [0.1, 0.15) is 16.8 Å². The zero-order valence-electron chi connectivity index (χ0n) is 9.09. The highest BCUT2D eigenvalue weighted by molar-refractivity contribution is 5.94. The Hall–Kier alpha value is -1.63. The number of halogens is 4. The highest BCUT2D eigenvalue weighted by Crippen LogP contribution is 2.21. The van der Waals surface area contributed by atoms with Crippen molar-refractivity contribution in [2.45, 2.75) is 12.5 Å². The topological polar surface area (TPSA) is 40.5 Å². The van der Waals surface area contributed by atoms with Crippen molar-refractivity contribution < 1.29 is 27.5 Å². The maximum atomic E-state index is 13.4. The van der Waals surface area contributed by atoms with Crippen LogP contribution in [0.4, 0.5) is 17.6 Å². The fourth-order valence-corrected chi connectivity index (χ4v) is 1.83. The number of amides is 1. The Morgan fingerprint density at radius 2 is 1.89 bits per heavy atom. The van der Waals surface area contributed by atoms with Gasteiger partial charge >= 0.3 is 0 Å². The number of nitrogens with zero attached hydrogens (tertiary/aromatic N) is 1. The van der Waals surface area contributed by atoms with Crippen LogP contribution >= 0.6 is 0 Å². The van der Waals surface area contributed by atoms with Gasteiger partial charge in [0, 0.05) is 13.1 Å². The molecular formula is C11H9F4NO2. The molecule has 0 aromatic heterocycles. The lowest BCUT2D eigenvalue weighted by Gasteiger charge is -2.16. The molecule has 1 atom stereocenters. The van der Waals surface area contributed by atoms with E-state index in [2.05, 4.69) is 0 Å². The van der Waals surface area contributed by atoms with Gasteiger partial charge in [-0.05, 0) is 12.5 Å². The summed E-state index contributed by atoms with van der Waals surface area (Å²) < 4.78 is 52.0. The first-order valence-corrected chi connectivity index (χ1v) is 5.22. The van der Waals surface area contributed by atoms with Gasteiger partial charge in [0.05, 0.1) is 11.7 Å². The van der Waals surface area contributed by atoms with Gasteiger partial charge in [-0.1, -0.05) is 0 Å². The summed E-state index contributed by atoms with van der Waals surface area (Å²) in [5, 5.41) is 9.22. The minimum atomic E-state index is -2.02. The zero-order chi connectivity index (χ0) is 13.4. The van der Waals surface area contributed by atoms with Crippen LogP contribution in [0.15, 0.2) is 6.07 Å². The van der Waals surface area contributed by atoms with Crippen LogP contribution in [0.5, 0.6) is 0 Å². The third-order valence-corrected chi connectivity index (χ3v) is 2.78. The van der Waals surface area contributed by atoms with E-state index in [-0.39, 0.29) is 13.1 Å². The van der Waals surface area contributed by atoms with E-state index in [1.807, 2.05) is 0 Å². The van der Waals surface area contributed by atoms with Gasteiger partial charge in [-0.3, -0.25) is 4.79 Å². The molecule has 1 N–H and O–H groups in total. The number of carbonyl (C=O) groups is 1. The minimum Gasteiger partial charge on any atom is -0.391 e. The lowest BCUT2D eigenvalue weighted by atomic mass is 10.1. The number of benzene rings is 1. The smallest absolute Gasteiger partial charge is 0.257 e. The predicted octanol–water partition coefficient (Wildman–Crippen LogP) is 1.45. The molecule has 2 rings (SSSR count). The van der Waals surface area contributed by atoms with E-state index in [0.29, 0.717) is 12.5 Å². The molecule has 0 radical (unpaired) electrons. The molecule has 1 aliphatic rings. The van der Waals surface area contributed by atoms with Gasteiger partial charge in [-0.2, -0.15) is 0 Å². The molecule has 1 unspecified atom stereocenters. The van der Waals surface area contributed by atoms with Crippen molar-refractivity contribution in [2.75, 3.05) is 13.1 Å². The summed E-state index contributed by atoms with van der Waals surface area (Å²) in [6.45, 7) is 0.110. The number of aliphatic hydroxyl groups excluding tert-OH is 1. The monoisotopic (exact) mass is 263 g/mol. The number of carbonyl (C=O) groups excluding carboxylic acids is 1. The van der Waals surface area contributed by atoms with Gasteiger partial charge in [-0.15, -0.1) is 0 Å². The summed E-state index contributed by atoms with van der Waals surface area (Å²) in [5.74, 6) is -8.29. The summed E-state index contributed by atoms with van der Waals surface area (Å²) in [7, 11) is 0. The third kappa shape index (κ3) is 2.05. The molecule has 1 heterocycles. The first-order chi connectivity index (χ1) is 8.41. The van der Waals surface area contributed by atoms with Gasteiger partial charge in [0.1, 0.15) is 0 Å². The second kappa shape index (κ2) is 4.56. The average Bonchev–Trinajstić information content (AvgIpc) is 2.77. The van der Waals surface area contributed by atoms with Crippen molar-refractivity contribution >= 4 is 5.91 Å². The Kier molecular flexibility index (Phi) is 3.25. The average molecular weight is 263 g/mol. The molecule has 1 amide bonds. The fraction of sp³-hybridized carbons (Fsp3) is 0.364. The van der Waals surface area contributed by atoms with Crippen LogP contribution in [-0.2, 0) is 0 Å². The first kappa shape index (κ1) is 12.8. The van der Waals surface area contributed by atoms with Crippen molar-refractivity contribution in [3.8, 4) is 0 Å². The molecule has 18 heavy (non-hydrogen) atoms. The highest BCUT2D eigenvalue weighted by Gasteiger charge is 2.30. The van der Waals surface area contributed by atoms with Gasteiger partial charge in [0.2, 0.25) is 0 Å². The molecule has 3 nitrogen and oxygen atoms in total. The second-order valence-corrected chi connectivity index (χ2v) is 4.04. The molecule has 1 aromatic rings. The molecule has 0 saturated carbocycles. The predicted molar refractivity (Wildman–Crippen MR) is 52.8 cm³/mol. The molecule has 7 heteroatoms. The first-order valence-electron chi connectivity index (χ1n) is 5.22. The lowest BCUT2D eigenvalue weighted by Crippen LogP contribution is -2.30. The maximum absolute atomic E-state index is 13.4. The van der Waals surface area contributed by atoms with Gasteiger partial charge in [0.25, 0.3) is 5.91 Å².